The van der Waals surface area contributed by atoms with Gasteiger partial charge in [-0.15, -0.1) is 0 Å². The van der Waals surface area contributed by atoms with Crippen LogP contribution >= 0.6 is 0 Å². The highest BCUT2D eigenvalue weighted by Crippen LogP contribution is 2.19. The van der Waals surface area contributed by atoms with Crippen LogP contribution in [0.4, 0.5) is 0 Å². The summed E-state index contributed by atoms with van der Waals surface area (Å²) in [5.74, 6) is 1.89. The fraction of sp³-hybridized carbons (Fsp3) is 0.474. The number of amides is 1. The lowest BCUT2D eigenvalue weighted by atomic mass is 10.1. The van der Waals surface area contributed by atoms with Crippen LogP contribution in [0.2, 0.25) is 0 Å². The minimum Gasteiger partial charge on any atom is -0.496 e. The van der Waals surface area contributed by atoms with E-state index >= 15 is 0 Å². The summed E-state index contributed by atoms with van der Waals surface area (Å²) >= 11 is 0. The lowest BCUT2D eigenvalue weighted by Gasteiger charge is -2.34. The van der Waals surface area contributed by atoms with Crippen molar-refractivity contribution < 1.29 is 14.1 Å². The van der Waals surface area contributed by atoms with E-state index in [-0.39, 0.29) is 5.91 Å². The van der Waals surface area contributed by atoms with Gasteiger partial charge in [-0.05, 0) is 25.0 Å². The van der Waals surface area contributed by atoms with Crippen LogP contribution < -0.4 is 4.74 Å². The molecular weight excluding hydrogens is 318 g/mol. The Labute approximate surface area is 148 Å². The standard InChI is InChI=1S/C19H25N3O3/c1-15-13-17(20-25-15)14-21-9-11-22(12-10-21)19(23)8-7-16-5-3-4-6-18(16)24-2/h3-6,13H,7-12,14H2,1-2H3. The van der Waals surface area contributed by atoms with Crippen molar-refractivity contribution in [2.45, 2.75) is 26.3 Å². The molecule has 1 aromatic carbocycles. The second kappa shape index (κ2) is 8.16. The van der Waals surface area contributed by atoms with Gasteiger partial charge < -0.3 is 14.2 Å². The van der Waals surface area contributed by atoms with Crippen LogP contribution in [0.25, 0.3) is 0 Å². The van der Waals surface area contributed by atoms with Crippen molar-refractivity contribution >= 4 is 5.91 Å². The number of carbonyl (C=O) groups excluding carboxylic acids is 1. The summed E-state index contributed by atoms with van der Waals surface area (Å²) in [4.78, 5) is 16.7. The van der Waals surface area contributed by atoms with Gasteiger partial charge in [0.05, 0.1) is 12.8 Å². The zero-order valence-corrected chi connectivity index (χ0v) is 14.9. The molecule has 0 bridgehead atoms. The van der Waals surface area contributed by atoms with Crippen molar-refractivity contribution in [2.75, 3.05) is 33.3 Å². The average molecular weight is 343 g/mol. The lowest BCUT2D eigenvalue weighted by molar-refractivity contribution is -0.133. The average Bonchev–Trinajstić information content (AvgIpc) is 3.05. The smallest absolute Gasteiger partial charge is 0.222 e. The number of methoxy groups -OCH3 is 1. The number of benzene rings is 1. The van der Waals surface area contributed by atoms with E-state index in [0.717, 1.165) is 55.5 Å². The largest absolute Gasteiger partial charge is 0.496 e. The molecule has 0 unspecified atom stereocenters. The maximum Gasteiger partial charge on any atom is 0.222 e. The molecule has 0 aliphatic carbocycles. The number of hydrogen-bond donors (Lipinski definition) is 0. The van der Waals surface area contributed by atoms with Gasteiger partial charge in [-0.1, -0.05) is 23.4 Å². The molecule has 0 spiro atoms. The summed E-state index contributed by atoms with van der Waals surface area (Å²) in [5.41, 5.74) is 2.03. The first-order valence-corrected chi connectivity index (χ1v) is 8.70. The van der Waals surface area contributed by atoms with Crippen LogP contribution in [-0.2, 0) is 17.8 Å². The molecule has 1 saturated heterocycles. The third-order valence-corrected chi connectivity index (χ3v) is 4.59. The number of hydrogen-bond acceptors (Lipinski definition) is 5. The van der Waals surface area contributed by atoms with Gasteiger partial charge in [0.2, 0.25) is 5.91 Å². The van der Waals surface area contributed by atoms with Crippen molar-refractivity contribution in [2.24, 2.45) is 0 Å². The molecule has 1 aromatic heterocycles. The van der Waals surface area contributed by atoms with Crippen molar-refractivity contribution in [1.82, 2.24) is 15.0 Å². The van der Waals surface area contributed by atoms with E-state index in [4.69, 9.17) is 9.26 Å². The summed E-state index contributed by atoms with van der Waals surface area (Å²) < 4.78 is 10.5. The first-order valence-electron chi connectivity index (χ1n) is 8.70. The predicted octanol–water partition coefficient (Wildman–Crippen LogP) is 2.27. The number of aryl methyl sites for hydroxylation is 2. The maximum absolute atomic E-state index is 12.5. The van der Waals surface area contributed by atoms with Crippen LogP contribution in [-0.4, -0.2) is 54.2 Å². The monoisotopic (exact) mass is 343 g/mol. The molecule has 6 heteroatoms. The van der Waals surface area contributed by atoms with Crippen LogP contribution in [0.15, 0.2) is 34.9 Å². The molecule has 1 fully saturated rings. The fourth-order valence-electron chi connectivity index (χ4n) is 3.19. The molecule has 1 aliphatic rings. The van der Waals surface area contributed by atoms with E-state index in [0.29, 0.717) is 12.8 Å². The van der Waals surface area contributed by atoms with E-state index < -0.39 is 0 Å². The van der Waals surface area contributed by atoms with Gasteiger partial charge in [0.15, 0.2) is 0 Å². The van der Waals surface area contributed by atoms with Gasteiger partial charge in [0.1, 0.15) is 11.5 Å². The Morgan fingerprint density at radius 2 is 2.00 bits per heavy atom. The van der Waals surface area contributed by atoms with Crippen molar-refractivity contribution in [3.63, 3.8) is 0 Å². The Hall–Kier alpha value is -2.34. The fourth-order valence-corrected chi connectivity index (χ4v) is 3.19. The van der Waals surface area contributed by atoms with Crippen molar-refractivity contribution in [3.05, 3.63) is 47.3 Å². The van der Waals surface area contributed by atoms with E-state index in [1.165, 1.54) is 0 Å². The third-order valence-electron chi connectivity index (χ3n) is 4.59. The van der Waals surface area contributed by atoms with E-state index in [9.17, 15) is 4.79 Å². The molecule has 1 amide bonds. The highest BCUT2D eigenvalue weighted by Gasteiger charge is 2.21. The Kier molecular flexibility index (Phi) is 5.71. The first kappa shape index (κ1) is 17.5. The summed E-state index contributed by atoms with van der Waals surface area (Å²) in [5, 5.41) is 4.03. The minimum atomic E-state index is 0.211. The minimum absolute atomic E-state index is 0.211. The van der Waals surface area contributed by atoms with E-state index in [1.807, 2.05) is 42.2 Å². The molecule has 2 aromatic rings. The first-order chi connectivity index (χ1) is 12.2. The predicted molar refractivity (Wildman–Crippen MR) is 94.4 cm³/mol. The molecule has 25 heavy (non-hydrogen) atoms. The number of para-hydroxylation sites is 1. The Morgan fingerprint density at radius 3 is 2.68 bits per heavy atom. The third kappa shape index (κ3) is 4.60. The number of aromatic nitrogens is 1. The number of carbonyl (C=O) groups is 1. The van der Waals surface area contributed by atoms with E-state index in [1.54, 1.807) is 7.11 Å². The van der Waals surface area contributed by atoms with Gasteiger partial charge in [-0.25, -0.2) is 0 Å². The molecule has 0 saturated carbocycles. The molecule has 0 atom stereocenters. The highest BCUT2D eigenvalue weighted by atomic mass is 16.5. The second-order valence-electron chi connectivity index (χ2n) is 6.40. The molecule has 0 N–H and O–H groups in total. The van der Waals surface area contributed by atoms with Crippen LogP contribution in [0.3, 0.4) is 0 Å². The normalized spacial score (nSPS) is 15.4. The number of rotatable bonds is 6. The van der Waals surface area contributed by atoms with Gasteiger partial charge in [-0.3, -0.25) is 9.69 Å². The van der Waals surface area contributed by atoms with Gasteiger partial charge in [0.25, 0.3) is 0 Å². The van der Waals surface area contributed by atoms with Crippen LogP contribution in [0, 0.1) is 6.92 Å². The number of nitrogens with zero attached hydrogens (tertiary/aromatic N) is 3. The zero-order valence-electron chi connectivity index (χ0n) is 14.9. The topological polar surface area (TPSA) is 58.8 Å². The molecule has 1 aliphatic heterocycles. The Morgan fingerprint density at radius 1 is 1.24 bits per heavy atom. The van der Waals surface area contributed by atoms with Crippen LogP contribution in [0.5, 0.6) is 5.75 Å². The van der Waals surface area contributed by atoms with E-state index in [2.05, 4.69) is 10.1 Å². The molecule has 3 rings (SSSR count). The molecule has 2 heterocycles. The van der Waals surface area contributed by atoms with Gasteiger partial charge in [0, 0.05) is 45.2 Å². The lowest BCUT2D eigenvalue weighted by Crippen LogP contribution is -2.48. The molecule has 6 nitrogen and oxygen atoms in total. The second-order valence-corrected chi connectivity index (χ2v) is 6.40. The number of ether oxygens (including phenoxy) is 1. The Bertz CT molecular complexity index is 705. The molecular formula is C19H25N3O3. The quantitative estimate of drug-likeness (QED) is 0.805. The van der Waals surface area contributed by atoms with Gasteiger partial charge >= 0.3 is 0 Å². The number of piperazine rings is 1. The Balaban J connectivity index is 1.45. The molecule has 0 radical (unpaired) electrons. The summed E-state index contributed by atoms with van der Waals surface area (Å²) in [6.45, 7) is 5.94. The summed E-state index contributed by atoms with van der Waals surface area (Å²) in [6.07, 6.45) is 1.23. The summed E-state index contributed by atoms with van der Waals surface area (Å²) in [6, 6.07) is 9.84. The SMILES string of the molecule is COc1ccccc1CCC(=O)N1CCN(Cc2cc(C)on2)CC1. The maximum atomic E-state index is 12.5. The zero-order chi connectivity index (χ0) is 17.6. The van der Waals surface area contributed by atoms with Gasteiger partial charge in [-0.2, -0.15) is 0 Å². The van der Waals surface area contributed by atoms with Crippen molar-refractivity contribution in [3.8, 4) is 5.75 Å². The van der Waals surface area contributed by atoms with Crippen molar-refractivity contribution in [1.29, 1.82) is 0 Å². The van der Waals surface area contributed by atoms with Crippen LogP contribution in [0.1, 0.15) is 23.4 Å². The summed E-state index contributed by atoms with van der Waals surface area (Å²) in [7, 11) is 1.66. The highest BCUT2D eigenvalue weighted by molar-refractivity contribution is 5.76. The molecule has 134 valence electrons.